The van der Waals surface area contributed by atoms with Crippen LogP contribution in [-0.2, 0) is 0 Å². The Labute approximate surface area is 273 Å². The van der Waals surface area contributed by atoms with Gasteiger partial charge in [-0.1, -0.05) is 127 Å². The first-order chi connectivity index (χ1) is 22.8. The van der Waals surface area contributed by atoms with Crippen LogP contribution in [0.4, 0.5) is 0 Å². The van der Waals surface area contributed by atoms with E-state index in [9.17, 15) is 0 Å². The van der Waals surface area contributed by atoms with Crippen molar-refractivity contribution in [3.63, 3.8) is 0 Å². The highest BCUT2D eigenvalue weighted by molar-refractivity contribution is 7.27. The van der Waals surface area contributed by atoms with Gasteiger partial charge in [0.1, 0.15) is 0 Å². The average Bonchev–Trinajstić information content (AvgIpc) is 3.70. The summed E-state index contributed by atoms with van der Waals surface area (Å²) in [4.78, 5) is 5.19. The van der Waals surface area contributed by atoms with Crippen molar-refractivity contribution in [1.29, 1.82) is 0 Å². The lowest BCUT2D eigenvalue weighted by Crippen LogP contribution is -1.90. The van der Waals surface area contributed by atoms with E-state index in [0.717, 1.165) is 16.8 Å². The summed E-state index contributed by atoms with van der Waals surface area (Å²) in [5, 5.41) is 8.97. The molecule has 3 heteroatoms. The molecule has 0 saturated carbocycles. The molecule has 3 aromatic heterocycles. The second-order valence-electron chi connectivity index (χ2n) is 11.9. The Morgan fingerprint density at radius 1 is 0.370 bits per heavy atom. The molecule has 0 amide bonds. The molecule has 0 spiro atoms. The summed E-state index contributed by atoms with van der Waals surface area (Å²) in [6, 6.07) is 55.1. The van der Waals surface area contributed by atoms with E-state index in [1.165, 1.54) is 78.8 Å². The minimum absolute atomic E-state index is 1.03. The van der Waals surface area contributed by atoms with Crippen molar-refractivity contribution in [3.05, 3.63) is 152 Å². The van der Waals surface area contributed by atoms with Crippen LogP contribution in [0, 0.1) is 0 Å². The van der Waals surface area contributed by atoms with Gasteiger partial charge < -0.3 is 0 Å². The number of rotatable bonds is 3. The number of fused-ring (bicyclic) bond motifs is 10. The normalized spacial score (nSPS) is 11.9. The molecule has 0 bridgehead atoms. The van der Waals surface area contributed by atoms with Crippen LogP contribution in [0.15, 0.2) is 152 Å². The summed E-state index contributed by atoms with van der Waals surface area (Å²) < 4.78 is 5.31. The topological polar surface area (TPSA) is 12.9 Å². The molecule has 3 heterocycles. The summed E-state index contributed by atoms with van der Waals surface area (Å²) in [6.07, 6.45) is 0. The van der Waals surface area contributed by atoms with Crippen LogP contribution in [0.5, 0.6) is 0 Å². The van der Waals surface area contributed by atoms with E-state index in [-0.39, 0.29) is 0 Å². The Balaban J connectivity index is 1.22. The van der Waals surface area contributed by atoms with Crippen LogP contribution >= 0.6 is 22.7 Å². The maximum atomic E-state index is 5.19. The summed E-state index contributed by atoms with van der Waals surface area (Å²) in [5.41, 5.74) is 8.27. The van der Waals surface area contributed by atoms with E-state index in [2.05, 4.69) is 152 Å². The highest BCUT2D eigenvalue weighted by Crippen LogP contribution is 2.47. The van der Waals surface area contributed by atoms with E-state index in [4.69, 9.17) is 4.98 Å². The number of hydrogen-bond acceptors (Lipinski definition) is 3. The van der Waals surface area contributed by atoms with E-state index in [1.54, 1.807) is 0 Å². The number of thiophene rings is 2. The molecule has 0 aliphatic heterocycles. The smallest absolute Gasteiger partial charge is 0.0788 e. The van der Waals surface area contributed by atoms with Crippen LogP contribution < -0.4 is 0 Å². The van der Waals surface area contributed by atoms with Crippen LogP contribution in [-0.4, -0.2) is 4.98 Å². The van der Waals surface area contributed by atoms with Gasteiger partial charge in [-0.25, -0.2) is 4.98 Å². The minimum atomic E-state index is 1.03. The zero-order chi connectivity index (χ0) is 30.2. The van der Waals surface area contributed by atoms with Crippen LogP contribution in [0.25, 0.3) is 95.5 Å². The van der Waals surface area contributed by atoms with Gasteiger partial charge in [0, 0.05) is 62.1 Å². The van der Waals surface area contributed by atoms with Gasteiger partial charge in [0.25, 0.3) is 0 Å². The lowest BCUT2D eigenvalue weighted by Gasteiger charge is -2.12. The quantitative estimate of drug-likeness (QED) is 0.179. The summed E-state index contributed by atoms with van der Waals surface area (Å²) in [7, 11) is 0. The largest absolute Gasteiger partial charge is 0.247 e. The lowest BCUT2D eigenvalue weighted by molar-refractivity contribution is 1.43. The van der Waals surface area contributed by atoms with E-state index < -0.39 is 0 Å². The standard InChI is InChI=1S/C43H25NS2/c1-2-11-26(12-3-1)41-34-23-24-38-40(39(34)33-16-4-6-21-36(33)44-41)35-20-10-18-30(43(35)46-38)28-14-8-13-27(25-28)29-17-9-19-32-31-15-5-7-22-37(31)45-42(29)32/h1-25H. The summed E-state index contributed by atoms with van der Waals surface area (Å²) >= 11 is 3.79. The minimum Gasteiger partial charge on any atom is -0.247 e. The van der Waals surface area contributed by atoms with Gasteiger partial charge in [0.15, 0.2) is 0 Å². The van der Waals surface area contributed by atoms with Crippen molar-refractivity contribution in [3.8, 4) is 33.5 Å². The van der Waals surface area contributed by atoms with Gasteiger partial charge in [0.05, 0.1) is 11.2 Å². The van der Waals surface area contributed by atoms with Crippen molar-refractivity contribution in [2.45, 2.75) is 0 Å². The highest BCUT2D eigenvalue weighted by Gasteiger charge is 2.18. The third kappa shape index (κ3) is 3.83. The lowest BCUT2D eigenvalue weighted by atomic mass is 9.94. The van der Waals surface area contributed by atoms with Gasteiger partial charge in [-0.15, -0.1) is 22.7 Å². The maximum Gasteiger partial charge on any atom is 0.0788 e. The van der Waals surface area contributed by atoms with Crippen molar-refractivity contribution in [2.24, 2.45) is 0 Å². The summed E-state index contributed by atoms with van der Waals surface area (Å²) in [6.45, 7) is 0. The zero-order valence-electron chi connectivity index (χ0n) is 24.7. The molecule has 0 saturated heterocycles. The second kappa shape index (κ2) is 10.1. The molecular formula is C43H25NS2. The number of benzene rings is 7. The zero-order valence-corrected chi connectivity index (χ0v) is 26.3. The van der Waals surface area contributed by atoms with Gasteiger partial charge in [-0.2, -0.15) is 0 Å². The molecule has 0 atom stereocenters. The molecule has 0 aliphatic carbocycles. The molecule has 10 aromatic rings. The van der Waals surface area contributed by atoms with E-state index in [0.29, 0.717) is 0 Å². The van der Waals surface area contributed by atoms with E-state index in [1.807, 2.05) is 22.7 Å². The fourth-order valence-corrected chi connectivity index (χ4v) is 9.69. The van der Waals surface area contributed by atoms with Gasteiger partial charge >= 0.3 is 0 Å². The molecule has 0 unspecified atom stereocenters. The molecule has 1 nitrogen and oxygen atoms in total. The second-order valence-corrected chi connectivity index (χ2v) is 14.0. The number of pyridine rings is 1. The Morgan fingerprint density at radius 2 is 0.978 bits per heavy atom. The predicted molar refractivity (Wildman–Crippen MR) is 201 cm³/mol. The molecule has 7 aromatic carbocycles. The molecule has 214 valence electrons. The molecule has 0 aliphatic rings. The van der Waals surface area contributed by atoms with Crippen molar-refractivity contribution in [1.82, 2.24) is 4.98 Å². The number of para-hydroxylation sites is 1. The molecule has 0 N–H and O–H groups in total. The summed E-state index contributed by atoms with van der Waals surface area (Å²) in [5.74, 6) is 0. The molecule has 10 rings (SSSR count). The Morgan fingerprint density at radius 3 is 1.80 bits per heavy atom. The molecule has 0 radical (unpaired) electrons. The van der Waals surface area contributed by atoms with Crippen LogP contribution in [0.1, 0.15) is 0 Å². The third-order valence-electron chi connectivity index (χ3n) is 9.26. The van der Waals surface area contributed by atoms with Gasteiger partial charge in [-0.05, 0) is 46.5 Å². The highest BCUT2D eigenvalue weighted by atomic mass is 32.1. The SMILES string of the molecule is c1ccc(-c2nc3ccccc3c3c2ccc2sc4c(-c5cccc(-c6cccc7c6sc6ccccc67)c5)cccc4c23)cc1. The first-order valence-corrected chi connectivity index (χ1v) is 17.2. The average molecular weight is 620 g/mol. The first kappa shape index (κ1) is 25.9. The maximum absolute atomic E-state index is 5.19. The third-order valence-corrected chi connectivity index (χ3v) is 11.7. The predicted octanol–water partition coefficient (Wildman–Crippen LogP) is 13.1. The monoisotopic (exact) mass is 619 g/mol. The van der Waals surface area contributed by atoms with Gasteiger partial charge in [-0.3, -0.25) is 0 Å². The fraction of sp³-hybridized carbons (Fsp3) is 0. The Hall–Kier alpha value is -5.35. The molecule has 0 fully saturated rings. The van der Waals surface area contributed by atoms with Gasteiger partial charge in [0.2, 0.25) is 0 Å². The molecule has 46 heavy (non-hydrogen) atoms. The fourth-order valence-electron chi connectivity index (χ4n) is 7.20. The van der Waals surface area contributed by atoms with Crippen molar-refractivity contribution >= 4 is 84.7 Å². The van der Waals surface area contributed by atoms with Crippen molar-refractivity contribution < 1.29 is 0 Å². The molecular weight excluding hydrogens is 595 g/mol. The Bertz CT molecular complexity index is 2800. The van der Waals surface area contributed by atoms with Crippen molar-refractivity contribution in [2.75, 3.05) is 0 Å². The van der Waals surface area contributed by atoms with E-state index >= 15 is 0 Å². The van der Waals surface area contributed by atoms with Crippen LogP contribution in [0.2, 0.25) is 0 Å². The Kier molecular flexibility index (Phi) is 5.68. The number of nitrogens with zero attached hydrogens (tertiary/aromatic N) is 1. The van der Waals surface area contributed by atoms with Crippen LogP contribution in [0.3, 0.4) is 0 Å². The first-order valence-electron chi connectivity index (χ1n) is 15.5. The number of aromatic nitrogens is 1. The number of hydrogen-bond donors (Lipinski definition) is 0.